The van der Waals surface area contributed by atoms with Crippen molar-refractivity contribution >= 4 is 15.7 Å². The molecule has 1 aromatic heterocycles. The van der Waals surface area contributed by atoms with E-state index in [1.165, 1.54) is 0 Å². The van der Waals surface area contributed by atoms with Crippen molar-refractivity contribution in [3.8, 4) is 22.5 Å². The number of rotatable bonds is 4. The van der Waals surface area contributed by atoms with Crippen LogP contribution in [0.2, 0.25) is 0 Å². The molecule has 0 bridgehead atoms. The van der Waals surface area contributed by atoms with Gasteiger partial charge in [-0.15, -0.1) is 0 Å². The molecule has 4 nitrogen and oxygen atoms in total. The molecule has 1 aliphatic heterocycles. The van der Waals surface area contributed by atoms with Gasteiger partial charge in [-0.2, -0.15) is 0 Å². The standard InChI is InChI=1S/C27H24N2O2S/c1-20-14-16-23(17-15-20)32(30,31)29-18-8-13-24-26(29)19-25(21-9-4-2-5-10-21)28-27(24)22-11-6-3-7-12-22/h2-7,9-12,14-17,19H,8,13,18H2,1H3. The number of sulfonamides is 1. The van der Waals surface area contributed by atoms with Gasteiger partial charge in [0.2, 0.25) is 0 Å². The van der Waals surface area contributed by atoms with E-state index in [4.69, 9.17) is 4.98 Å². The summed E-state index contributed by atoms with van der Waals surface area (Å²) in [5.74, 6) is 0. The van der Waals surface area contributed by atoms with Crippen molar-refractivity contribution in [2.45, 2.75) is 24.7 Å². The lowest BCUT2D eigenvalue weighted by Crippen LogP contribution is -2.36. The highest BCUT2D eigenvalue weighted by atomic mass is 32.2. The number of nitrogens with zero attached hydrogens (tertiary/aromatic N) is 2. The van der Waals surface area contributed by atoms with E-state index >= 15 is 0 Å². The van der Waals surface area contributed by atoms with Crippen molar-refractivity contribution in [2.24, 2.45) is 0 Å². The van der Waals surface area contributed by atoms with Crippen LogP contribution in [0.1, 0.15) is 17.5 Å². The maximum Gasteiger partial charge on any atom is 0.264 e. The monoisotopic (exact) mass is 440 g/mol. The minimum absolute atomic E-state index is 0.315. The molecule has 0 atom stereocenters. The van der Waals surface area contributed by atoms with Crippen molar-refractivity contribution in [2.75, 3.05) is 10.8 Å². The van der Waals surface area contributed by atoms with Crippen LogP contribution in [0, 0.1) is 6.92 Å². The second-order valence-corrected chi connectivity index (χ2v) is 9.94. The van der Waals surface area contributed by atoms with Crippen LogP contribution in [0.25, 0.3) is 22.5 Å². The molecule has 160 valence electrons. The van der Waals surface area contributed by atoms with E-state index < -0.39 is 10.0 Å². The van der Waals surface area contributed by atoms with Crippen LogP contribution in [0.4, 0.5) is 5.69 Å². The Morgan fingerprint density at radius 1 is 0.812 bits per heavy atom. The Hall–Kier alpha value is -3.44. The molecule has 0 aliphatic carbocycles. The Morgan fingerprint density at radius 3 is 2.09 bits per heavy atom. The summed E-state index contributed by atoms with van der Waals surface area (Å²) in [7, 11) is -3.68. The molecule has 0 unspecified atom stereocenters. The lowest BCUT2D eigenvalue weighted by molar-refractivity contribution is 0.586. The van der Waals surface area contributed by atoms with E-state index in [0.717, 1.165) is 52.2 Å². The Kier molecular flexibility index (Phi) is 5.27. The second kappa shape index (κ2) is 8.24. The third-order valence-electron chi connectivity index (χ3n) is 5.88. The number of anilines is 1. The van der Waals surface area contributed by atoms with Crippen LogP contribution < -0.4 is 4.31 Å². The van der Waals surface area contributed by atoms with Gasteiger partial charge in [0, 0.05) is 23.2 Å². The first-order chi connectivity index (χ1) is 15.5. The van der Waals surface area contributed by atoms with E-state index in [0.29, 0.717) is 11.4 Å². The molecule has 5 heteroatoms. The van der Waals surface area contributed by atoms with Crippen LogP contribution in [0.15, 0.2) is 95.9 Å². The zero-order chi connectivity index (χ0) is 22.1. The topological polar surface area (TPSA) is 50.3 Å². The number of hydrogen-bond donors (Lipinski definition) is 0. The third kappa shape index (κ3) is 3.69. The maximum atomic E-state index is 13.7. The molecule has 0 amide bonds. The van der Waals surface area contributed by atoms with E-state index in [1.54, 1.807) is 16.4 Å². The number of hydrogen-bond acceptors (Lipinski definition) is 3. The molecule has 5 rings (SSSR count). The smallest absolute Gasteiger partial charge is 0.264 e. The molecule has 0 radical (unpaired) electrons. The quantitative estimate of drug-likeness (QED) is 0.399. The van der Waals surface area contributed by atoms with Crippen LogP contribution in [0.3, 0.4) is 0 Å². The Labute approximate surface area is 189 Å². The fourth-order valence-corrected chi connectivity index (χ4v) is 5.75. The Bertz CT molecular complexity index is 1350. The van der Waals surface area contributed by atoms with Gasteiger partial charge in [0.05, 0.1) is 22.0 Å². The SMILES string of the molecule is Cc1ccc(S(=O)(=O)N2CCCc3c2cc(-c2ccccc2)nc3-c2ccccc2)cc1. The van der Waals surface area contributed by atoms with Crippen molar-refractivity contribution in [1.82, 2.24) is 4.98 Å². The predicted molar refractivity (Wildman–Crippen MR) is 129 cm³/mol. The molecule has 32 heavy (non-hydrogen) atoms. The first kappa shape index (κ1) is 20.5. The molecule has 2 heterocycles. The van der Waals surface area contributed by atoms with Crippen molar-refractivity contribution in [3.63, 3.8) is 0 Å². The summed E-state index contributed by atoms with van der Waals surface area (Å²) in [6, 6.07) is 28.9. The highest BCUT2D eigenvalue weighted by molar-refractivity contribution is 7.92. The van der Waals surface area contributed by atoms with Gasteiger partial charge in [-0.3, -0.25) is 4.31 Å². The number of pyridine rings is 1. The molecular weight excluding hydrogens is 416 g/mol. The molecule has 0 saturated heterocycles. The van der Waals surface area contributed by atoms with Gasteiger partial charge in [-0.1, -0.05) is 78.4 Å². The van der Waals surface area contributed by atoms with Crippen LogP contribution in [-0.4, -0.2) is 19.9 Å². The summed E-state index contributed by atoms with van der Waals surface area (Å²) in [6.45, 7) is 2.41. The van der Waals surface area contributed by atoms with E-state index in [9.17, 15) is 8.42 Å². The highest BCUT2D eigenvalue weighted by Gasteiger charge is 2.31. The van der Waals surface area contributed by atoms with Gasteiger partial charge >= 0.3 is 0 Å². The fourth-order valence-electron chi connectivity index (χ4n) is 4.23. The summed E-state index contributed by atoms with van der Waals surface area (Å²) < 4.78 is 28.9. The van der Waals surface area contributed by atoms with Crippen LogP contribution >= 0.6 is 0 Å². The zero-order valence-electron chi connectivity index (χ0n) is 17.9. The van der Waals surface area contributed by atoms with Crippen LogP contribution in [0.5, 0.6) is 0 Å². The fraction of sp³-hybridized carbons (Fsp3) is 0.148. The maximum absolute atomic E-state index is 13.7. The molecule has 1 aliphatic rings. The minimum Gasteiger partial charge on any atom is -0.266 e. The predicted octanol–water partition coefficient (Wildman–Crippen LogP) is 5.87. The van der Waals surface area contributed by atoms with E-state index in [-0.39, 0.29) is 0 Å². The summed E-state index contributed by atoms with van der Waals surface area (Å²) in [4.78, 5) is 5.32. The first-order valence-corrected chi connectivity index (χ1v) is 12.2. The summed E-state index contributed by atoms with van der Waals surface area (Å²) in [5.41, 5.74) is 6.33. The summed E-state index contributed by atoms with van der Waals surface area (Å²) in [5, 5.41) is 0. The molecule has 0 spiro atoms. The second-order valence-electron chi connectivity index (χ2n) is 8.08. The molecule has 3 aromatic carbocycles. The number of aryl methyl sites for hydroxylation is 1. The number of benzene rings is 3. The lowest BCUT2D eigenvalue weighted by atomic mass is 9.96. The lowest BCUT2D eigenvalue weighted by Gasteiger charge is -2.32. The zero-order valence-corrected chi connectivity index (χ0v) is 18.7. The van der Waals surface area contributed by atoms with Crippen LogP contribution in [-0.2, 0) is 16.4 Å². The van der Waals surface area contributed by atoms with Gasteiger partial charge in [0.1, 0.15) is 0 Å². The number of fused-ring (bicyclic) bond motifs is 1. The van der Waals surface area contributed by atoms with Gasteiger partial charge in [0.25, 0.3) is 10.0 Å². The Balaban J connectivity index is 1.73. The highest BCUT2D eigenvalue weighted by Crippen LogP contribution is 2.39. The van der Waals surface area contributed by atoms with Gasteiger partial charge in [-0.25, -0.2) is 13.4 Å². The van der Waals surface area contributed by atoms with E-state index in [2.05, 4.69) is 0 Å². The van der Waals surface area contributed by atoms with Crippen molar-refractivity contribution in [1.29, 1.82) is 0 Å². The molecule has 0 N–H and O–H groups in total. The Morgan fingerprint density at radius 2 is 1.44 bits per heavy atom. The number of aromatic nitrogens is 1. The normalized spacial score (nSPS) is 13.6. The average Bonchev–Trinajstić information content (AvgIpc) is 2.84. The van der Waals surface area contributed by atoms with Gasteiger partial charge in [0.15, 0.2) is 0 Å². The largest absolute Gasteiger partial charge is 0.266 e. The third-order valence-corrected chi connectivity index (χ3v) is 7.71. The van der Waals surface area contributed by atoms with E-state index in [1.807, 2.05) is 85.8 Å². The molecular formula is C27H24N2O2S. The molecule has 4 aromatic rings. The average molecular weight is 441 g/mol. The first-order valence-electron chi connectivity index (χ1n) is 10.8. The van der Waals surface area contributed by atoms with Crippen molar-refractivity contribution < 1.29 is 8.42 Å². The van der Waals surface area contributed by atoms with Gasteiger partial charge in [-0.05, 0) is 38.0 Å². The summed E-state index contributed by atoms with van der Waals surface area (Å²) in [6.07, 6.45) is 1.55. The molecule has 0 saturated carbocycles. The minimum atomic E-state index is -3.68. The van der Waals surface area contributed by atoms with Crippen molar-refractivity contribution in [3.05, 3.63) is 102 Å². The summed E-state index contributed by atoms with van der Waals surface area (Å²) >= 11 is 0. The molecule has 0 fully saturated rings. The van der Waals surface area contributed by atoms with Gasteiger partial charge < -0.3 is 0 Å².